The first-order valence-electron chi connectivity index (χ1n) is 7.39. The van der Waals surface area contributed by atoms with Gasteiger partial charge in [-0.15, -0.1) is 0 Å². The van der Waals surface area contributed by atoms with Gasteiger partial charge in [0.05, 0.1) is 12.1 Å². The number of aromatic nitrogens is 2. The van der Waals surface area contributed by atoms with Crippen LogP contribution in [0.25, 0.3) is 0 Å². The number of amides is 1. The van der Waals surface area contributed by atoms with Gasteiger partial charge in [0.25, 0.3) is 5.91 Å². The third kappa shape index (κ3) is 4.06. The molecule has 1 amide bonds. The molecule has 0 saturated heterocycles. The van der Waals surface area contributed by atoms with Gasteiger partial charge in [-0.2, -0.15) is 5.10 Å². The van der Waals surface area contributed by atoms with E-state index >= 15 is 0 Å². The molecule has 1 heterocycles. The zero-order valence-electron chi connectivity index (χ0n) is 13.0. The zero-order chi connectivity index (χ0) is 15.6. The van der Waals surface area contributed by atoms with Gasteiger partial charge in [-0.05, 0) is 45.1 Å². The molecule has 1 fully saturated rings. The molecule has 1 aliphatic carbocycles. The molecule has 1 aromatic heterocycles. The van der Waals surface area contributed by atoms with Crippen LogP contribution < -0.4 is 5.32 Å². The molecule has 6 nitrogen and oxygen atoms in total. The standard InChI is InChI=1S/C15H23N3O3/c1-8(14-9(2)17-18-10(14)3)7-13(19)21-11(4)15(20)16-12-5-6-12/h8,11-12H,5-7H2,1-4H3,(H,16,20)(H,17,18)/t8-,11+/m1/s1. The fourth-order valence-electron chi connectivity index (χ4n) is 2.48. The van der Waals surface area contributed by atoms with Crippen molar-refractivity contribution in [3.05, 3.63) is 17.0 Å². The minimum Gasteiger partial charge on any atom is -0.453 e. The van der Waals surface area contributed by atoms with E-state index in [9.17, 15) is 9.59 Å². The predicted molar refractivity (Wildman–Crippen MR) is 77.8 cm³/mol. The van der Waals surface area contributed by atoms with Crippen molar-refractivity contribution < 1.29 is 14.3 Å². The first kappa shape index (κ1) is 15.5. The van der Waals surface area contributed by atoms with Crippen LogP contribution in [0.1, 0.15) is 56.0 Å². The molecule has 0 aromatic carbocycles. The number of hydrogen-bond donors (Lipinski definition) is 2. The summed E-state index contributed by atoms with van der Waals surface area (Å²) < 4.78 is 5.21. The number of nitrogens with one attached hydrogen (secondary N) is 2. The number of H-pyrrole nitrogens is 1. The first-order valence-corrected chi connectivity index (χ1v) is 7.39. The van der Waals surface area contributed by atoms with Crippen molar-refractivity contribution >= 4 is 11.9 Å². The van der Waals surface area contributed by atoms with Crippen LogP contribution in [0.3, 0.4) is 0 Å². The SMILES string of the molecule is Cc1n[nH]c(C)c1[C@H](C)CC(=O)O[C@@H](C)C(=O)NC1CC1. The average Bonchev–Trinajstić information content (AvgIpc) is 3.13. The van der Waals surface area contributed by atoms with Crippen molar-refractivity contribution in [1.82, 2.24) is 15.5 Å². The summed E-state index contributed by atoms with van der Waals surface area (Å²) in [7, 11) is 0. The number of aryl methyl sites for hydroxylation is 2. The summed E-state index contributed by atoms with van der Waals surface area (Å²) in [6.45, 7) is 7.41. The van der Waals surface area contributed by atoms with Crippen molar-refractivity contribution in [3.8, 4) is 0 Å². The van der Waals surface area contributed by atoms with Gasteiger partial charge in [0, 0.05) is 11.7 Å². The molecule has 0 spiro atoms. The van der Waals surface area contributed by atoms with Crippen LogP contribution in [0.2, 0.25) is 0 Å². The Kier molecular flexibility index (Phi) is 4.65. The van der Waals surface area contributed by atoms with Crippen LogP contribution in [0, 0.1) is 13.8 Å². The van der Waals surface area contributed by atoms with Crippen molar-refractivity contribution in [2.45, 2.75) is 65.0 Å². The highest BCUT2D eigenvalue weighted by Gasteiger charge is 2.27. The maximum atomic E-state index is 12.0. The van der Waals surface area contributed by atoms with Crippen molar-refractivity contribution in [2.75, 3.05) is 0 Å². The van der Waals surface area contributed by atoms with Crippen LogP contribution in [-0.2, 0) is 14.3 Å². The second kappa shape index (κ2) is 6.28. The van der Waals surface area contributed by atoms with E-state index in [0.29, 0.717) is 0 Å². The lowest BCUT2D eigenvalue weighted by Gasteiger charge is -2.16. The molecule has 2 atom stereocenters. The number of hydrogen-bond acceptors (Lipinski definition) is 4. The molecule has 2 rings (SSSR count). The monoisotopic (exact) mass is 293 g/mol. The fraction of sp³-hybridized carbons (Fsp3) is 0.667. The van der Waals surface area contributed by atoms with E-state index in [-0.39, 0.29) is 30.3 Å². The fourth-order valence-corrected chi connectivity index (χ4v) is 2.48. The summed E-state index contributed by atoms with van der Waals surface area (Å²) in [4.78, 5) is 23.7. The number of carbonyl (C=O) groups excluding carboxylic acids is 2. The number of esters is 1. The summed E-state index contributed by atoms with van der Waals surface area (Å²) in [5, 5.41) is 9.87. The molecule has 1 aromatic rings. The Bertz CT molecular complexity index is 515. The van der Waals surface area contributed by atoms with E-state index in [2.05, 4.69) is 15.5 Å². The number of rotatable bonds is 6. The molecule has 0 unspecified atom stereocenters. The molecule has 0 radical (unpaired) electrons. The van der Waals surface area contributed by atoms with E-state index in [0.717, 1.165) is 29.8 Å². The highest BCUT2D eigenvalue weighted by atomic mass is 16.5. The molecule has 116 valence electrons. The van der Waals surface area contributed by atoms with E-state index < -0.39 is 6.10 Å². The Morgan fingerprint density at radius 2 is 2.05 bits per heavy atom. The molecule has 2 N–H and O–H groups in total. The molecule has 1 aliphatic rings. The minimum atomic E-state index is -0.739. The van der Waals surface area contributed by atoms with Gasteiger partial charge in [0.1, 0.15) is 0 Å². The zero-order valence-corrected chi connectivity index (χ0v) is 13.0. The van der Waals surface area contributed by atoms with Gasteiger partial charge in [-0.25, -0.2) is 0 Å². The van der Waals surface area contributed by atoms with E-state index in [1.165, 1.54) is 0 Å². The highest BCUT2D eigenvalue weighted by molar-refractivity contribution is 5.84. The Morgan fingerprint density at radius 3 is 2.57 bits per heavy atom. The van der Waals surface area contributed by atoms with Crippen molar-refractivity contribution in [2.24, 2.45) is 0 Å². The van der Waals surface area contributed by atoms with E-state index in [1.54, 1.807) is 6.92 Å². The maximum Gasteiger partial charge on any atom is 0.307 e. The largest absolute Gasteiger partial charge is 0.453 e. The van der Waals surface area contributed by atoms with Crippen LogP contribution in [-0.4, -0.2) is 34.2 Å². The van der Waals surface area contributed by atoms with Crippen LogP contribution in [0.5, 0.6) is 0 Å². The van der Waals surface area contributed by atoms with Gasteiger partial charge in [0.15, 0.2) is 6.10 Å². The summed E-state index contributed by atoms with van der Waals surface area (Å²) in [6, 6.07) is 0.272. The number of nitrogens with zero attached hydrogens (tertiary/aromatic N) is 1. The predicted octanol–water partition coefficient (Wildman–Crippen LogP) is 1.73. The summed E-state index contributed by atoms with van der Waals surface area (Å²) in [5.74, 6) is -0.565. The van der Waals surface area contributed by atoms with Crippen molar-refractivity contribution in [1.29, 1.82) is 0 Å². The van der Waals surface area contributed by atoms with Crippen molar-refractivity contribution in [3.63, 3.8) is 0 Å². The van der Waals surface area contributed by atoms with Crippen LogP contribution in [0.15, 0.2) is 0 Å². The van der Waals surface area contributed by atoms with Gasteiger partial charge >= 0.3 is 5.97 Å². The molecular formula is C15H23N3O3. The lowest BCUT2D eigenvalue weighted by molar-refractivity contribution is -0.155. The molecule has 0 aliphatic heterocycles. The summed E-state index contributed by atoms with van der Waals surface area (Å²) in [6.07, 6.45) is 1.53. The highest BCUT2D eigenvalue weighted by Crippen LogP contribution is 2.25. The second-order valence-electron chi connectivity index (χ2n) is 5.87. The number of carbonyl (C=O) groups is 2. The van der Waals surface area contributed by atoms with Gasteiger partial charge in [-0.3, -0.25) is 14.7 Å². The van der Waals surface area contributed by atoms with Crippen LogP contribution in [0.4, 0.5) is 0 Å². The lowest BCUT2D eigenvalue weighted by Crippen LogP contribution is -2.37. The second-order valence-corrected chi connectivity index (χ2v) is 5.87. The Labute approximate surface area is 124 Å². The maximum absolute atomic E-state index is 12.0. The third-order valence-corrected chi connectivity index (χ3v) is 3.75. The first-order chi connectivity index (χ1) is 9.88. The molecule has 0 bridgehead atoms. The van der Waals surface area contributed by atoms with Gasteiger partial charge < -0.3 is 10.1 Å². The number of aromatic amines is 1. The molecular weight excluding hydrogens is 270 g/mol. The Hall–Kier alpha value is -1.85. The molecule has 1 saturated carbocycles. The minimum absolute atomic E-state index is 0.00921. The smallest absolute Gasteiger partial charge is 0.307 e. The number of ether oxygens (including phenoxy) is 1. The lowest BCUT2D eigenvalue weighted by atomic mass is 9.96. The van der Waals surface area contributed by atoms with Gasteiger partial charge in [0.2, 0.25) is 0 Å². The molecule has 21 heavy (non-hydrogen) atoms. The summed E-state index contributed by atoms with van der Waals surface area (Å²) >= 11 is 0. The summed E-state index contributed by atoms with van der Waals surface area (Å²) in [5.41, 5.74) is 2.90. The van der Waals surface area contributed by atoms with Crippen LogP contribution >= 0.6 is 0 Å². The Balaban J connectivity index is 1.84. The molecule has 6 heteroatoms. The topological polar surface area (TPSA) is 84.1 Å². The normalized spacial score (nSPS) is 17.1. The van der Waals surface area contributed by atoms with E-state index in [4.69, 9.17) is 4.74 Å². The van der Waals surface area contributed by atoms with Gasteiger partial charge in [-0.1, -0.05) is 6.92 Å². The third-order valence-electron chi connectivity index (χ3n) is 3.75. The quantitative estimate of drug-likeness (QED) is 0.782. The Morgan fingerprint density at radius 1 is 1.38 bits per heavy atom. The van der Waals surface area contributed by atoms with E-state index in [1.807, 2.05) is 20.8 Å². The average molecular weight is 293 g/mol.